The number of hydrogen-bond donors (Lipinski definition) is 3. The van der Waals surface area contributed by atoms with E-state index in [0.717, 1.165) is 0 Å². The monoisotopic (exact) mass is 274 g/mol. The lowest BCUT2D eigenvalue weighted by atomic mass is 10.4. The number of aromatic nitrogens is 5. The first-order valence-corrected chi connectivity index (χ1v) is 6.70. The van der Waals surface area contributed by atoms with Gasteiger partial charge >= 0.3 is 7.60 Å². The van der Waals surface area contributed by atoms with Gasteiger partial charge in [0.05, 0.1) is 6.61 Å². The predicted molar refractivity (Wildman–Crippen MR) is 59.6 cm³/mol. The van der Waals surface area contributed by atoms with Crippen LogP contribution in [0.5, 0.6) is 0 Å². The second-order valence-electron chi connectivity index (χ2n) is 3.45. The molecule has 0 unspecified atom stereocenters. The Bertz CT molecular complexity index is 595. The third-order valence-corrected chi connectivity index (χ3v) is 2.55. The number of anilines is 1. The van der Waals surface area contributed by atoms with E-state index in [1.807, 2.05) is 0 Å². The highest BCUT2D eigenvalue weighted by molar-refractivity contribution is 7.51. The molecule has 0 amide bonds. The van der Waals surface area contributed by atoms with E-state index in [-0.39, 0.29) is 12.4 Å². The van der Waals surface area contributed by atoms with E-state index < -0.39 is 13.9 Å². The first-order valence-electron chi connectivity index (χ1n) is 4.90. The van der Waals surface area contributed by atoms with Gasteiger partial charge < -0.3 is 20.3 Å². The lowest BCUT2D eigenvalue weighted by Crippen LogP contribution is -2.06. The summed E-state index contributed by atoms with van der Waals surface area (Å²) in [5.74, 6) is 0.685. The normalized spacial score (nSPS) is 12.1. The Morgan fingerprint density at radius 3 is 2.94 bits per heavy atom. The van der Waals surface area contributed by atoms with Gasteiger partial charge in [-0.1, -0.05) is 0 Å². The minimum absolute atomic E-state index is 0.0931. The van der Waals surface area contributed by atoms with Crippen LogP contribution in [-0.2, 0) is 15.7 Å². The summed E-state index contributed by atoms with van der Waals surface area (Å²) in [4.78, 5) is 21.0. The van der Waals surface area contributed by atoms with Crippen molar-refractivity contribution >= 4 is 19.1 Å². The van der Waals surface area contributed by atoms with E-state index in [4.69, 9.17) is 20.3 Å². The summed E-state index contributed by atoms with van der Waals surface area (Å²) >= 11 is 0. The minimum atomic E-state index is -4.14. The third-order valence-electron chi connectivity index (χ3n) is 2.03. The molecule has 0 aliphatic heterocycles. The Morgan fingerprint density at radius 2 is 2.22 bits per heavy atom. The van der Waals surface area contributed by atoms with Crippen molar-refractivity contribution in [3.8, 4) is 0 Å². The predicted octanol–water partition coefficient (Wildman–Crippen LogP) is -1.20. The highest BCUT2D eigenvalue weighted by atomic mass is 31.2. The molecule has 0 aliphatic rings. The van der Waals surface area contributed by atoms with Gasteiger partial charge in [0.2, 0.25) is 5.65 Å². The molecule has 0 saturated carbocycles. The lowest BCUT2D eigenvalue weighted by molar-refractivity contribution is 0.158. The zero-order chi connectivity index (χ0) is 13.2. The molecule has 98 valence electrons. The maximum Gasteiger partial charge on any atom is 0.350 e. The molecule has 0 aliphatic carbocycles. The zero-order valence-corrected chi connectivity index (χ0v) is 10.1. The Labute approximate surface area is 101 Å². The molecular formula is C7H11N6O4P. The van der Waals surface area contributed by atoms with E-state index in [2.05, 4.69) is 20.3 Å². The SMILES string of the molecule is Nc1ncnn2c(CCOCP(=O)(O)O)nnc12. The number of nitrogens with zero attached hydrogens (tertiary/aromatic N) is 5. The van der Waals surface area contributed by atoms with E-state index in [1.54, 1.807) is 0 Å². The van der Waals surface area contributed by atoms with Gasteiger partial charge in [-0.2, -0.15) is 9.61 Å². The van der Waals surface area contributed by atoms with Crippen LogP contribution in [0, 0.1) is 0 Å². The van der Waals surface area contributed by atoms with Crippen LogP contribution >= 0.6 is 7.60 Å². The van der Waals surface area contributed by atoms with E-state index >= 15 is 0 Å². The fourth-order valence-electron chi connectivity index (χ4n) is 1.29. The highest BCUT2D eigenvalue weighted by Crippen LogP contribution is 2.33. The Balaban J connectivity index is 2.00. The van der Waals surface area contributed by atoms with Crippen LogP contribution in [-0.4, -0.2) is 47.5 Å². The van der Waals surface area contributed by atoms with Crippen molar-refractivity contribution in [1.29, 1.82) is 0 Å². The molecule has 18 heavy (non-hydrogen) atoms. The van der Waals surface area contributed by atoms with Gasteiger partial charge in [0, 0.05) is 6.42 Å². The summed E-state index contributed by atoms with van der Waals surface area (Å²) in [5.41, 5.74) is 5.91. The average Bonchev–Trinajstić information content (AvgIpc) is 2.68. The standard InChI is InChI=1S/C7H11N6O4P/c8-6-7-12-11-5(13(7)10-3-9-6)1-2-17-4-18(14,15)16/h3H,1-2,4H2,(H2,8,9,10)(H2,14,15,16). The van der Waals surface area contributed by atoms with Crippen LogP contribution in [0.2, 0.25) is 0 Å². The molecule has 0 fully saturated rings. The first-order chi connectivity index (χ1) is 8.47. The molecule has 0 saturated heterocycles. The maximum absolute atomic E-state index is 10.5. The van der Waals surface area contributed by atoms with Crippen LogP contribution in [0.4, 0.5) is 5.82 Å². The van der Waals surface area contributed by atoms with E-state index in [0.29, 0.717) is 17.9 Å². The van der Waals surface area contributed by atoms with E-state index in [1.165, 1.54) is 10.8 Å². The van der Waals surface area contributed by atoms with Crippen molar-refractivity contribution in [2.24, 2.45) is 0 Å². The number of fused-ring (bicyclic) bond motifs is 1. The van der Waals surface area contributed by atoms with Crippen LogP contribution in [0.25, 0.3) is 5.65 Å². The first kappa shape index (κ1) is 12.8. The van der Waals surface area contributed by atoms with Gasteiger partial charge in [-0.15, -0.1) is 10.2 Å². The number of nitrogen functional groups attached to an aromatic ring is 1. The molecule has 2 rings (SSSR count). The molecule has 4 N–H and O–H groups in total. The number of rotatable bonds is 5. The molecule has 2 heterocycles. The molecule has 0 radical (unpaired) electrons. The second-order valence-corrected chi connectivity index (χ2v) is 5.04. The van der Waals surface area contributed by atoms with Crippen molar-refractivity contribution in [3.63, 3.8) is 0 Å². The van der Waals surface area contributed by atoms with Gasteiger partial charge in [-0.25, -0.2) is 4.98 Å². The molecule has 0 atom stereocenters. The Kier molecular flexibility index (Phi) is 3.53. The van der Waals surface area contributed by atoms with Gasteiger partial charge in [-0.05, 0) is 0 Å². The minimum Gasteiger partial charge on any atom is -0.380 e. The molecule has 2 aromatic heterocycles. The number of ether oxygens (including phenoxy) is 1. The summed E-state index contributed by atoms with van der Waals surface area (Å²) in [6.07, 6.45) is 0.949. The Morgan fingerprint density at radius 1 is 1.44 bits per heavy atom. The molecule has 0 spiro atoms. The van der Waals surface area contributed by atoms with Crippen molar-refractivity contribution in [2.45, 2.75) is 6.42 Å². The third kappa shape index (κ3) is 2.99. The molecule has 11 heteroatoms. The molecule has 2 aromatic rings. The highest BCUT2D eigenvalue weighted by Gasteiger charge is 2.13. The van der Waals surface area contributed by atoms with Crippen molar-refractivity contribution in [3.05, 3.63) is 12.2 Å². The summed E-state index contributed by atoms with van der Waals surface area (Å²) in [7, 11) is -4.14. The summed E-state index contributed by atoms with van der Waals surface area (Å²) in [5, 5.41) is 11.6. The fourth-order valence-corrected chi connectivity index (χ4v) is 1.66. The van der Waals surface area contributed by atoms with E-state index in [9.17, 15) is 4.57 Å². The topological polar surface area (TPSA) is 149 Å². The smallest absolute Gasteiger partial charge is 0.350 e. The molecule has 10 nitrogen and oxygen atoms in total. The zero-order valence-electron chi connectivity index (χ0n) is 9.17. The summed E-state index contributed by atoms with van der Waals surface area (Å²) < 4.78 is 16.8. The molecular weight excluding hydrogens is 263 g/mol. The van der Waals surface area contributed by atoms with Crippen LogP contribution in [0.1, 0.15) is 5.82 Å². The van der Waals surface area contributed by atoms with Gasteiger partial charge in [-0.3, -0.25) is 4.57 Å². The van der Waals surface area contributed by atoms with Crippen LogP contribution in [0.3, 0.4) is 0 Å². The summed E-state index contributed by atoms with van der Waals surface area (Å²) in [6, 6.07) is 0. The largest absolute Gasteiger partial charge is 0.380 e. The van der Waals surface area contributed by atoms with Crippen LogP contribution in [0.15, 0.2) is 6.33 Å². The maximum atomic E-state index is 10.5. The lowest BCUT2D eigenvalue weighted by Gasteiger charge is -2.04. The second kappa shape index (κ2) is 4.94. The average molecular weight is 274 g/mol. The fraction of sp³-hybridized carbons (Fsp3) is 0.429. The quantitative estimate of drug-likeness (QED) is 0.451. The van der Waals surface area contributed by atoms with Crippen LogP contribution < -0.4 is 5.73 Å². The number of nitrogens with two attached hydrogens (primary N) is 1. The van der Waals surface area contributed by atoms with Crippen molar-refractivity contribution in [1.82, 2.24) is 24.8 Å². The van der Waals surface area contributed by atoms with Gasteiger partial charge in [0.15, 0.2) is 11.6 Å². The van der Waals surface area contributed by atoms with Gasteiger partial charge in [0.25, 0.3) is 0 Å². The molecule has 0 bridgehead atoms. The Hall–Kier alpha value is -1.61. The molecule has 0 aromatic carbocycles. The van der Waals surface area contributed by atoms with Crippen molar-refractivity contribution < 1.29 is 19.1 Å². The van der Waals surface area contributed by atoms with Crippen molar-refractivity contribution in [2.75, 3.05) is 18.7 Å². The summed E-state index contributed by atoms with van der Waals surface area (Å²) in [6.45, 7) is 0.0931. The van der Waals surface area contributed by atoms with Gasteiger partial charge in [0.1, 0.15) is 12.7 Å². The number of hydrogen-bond acceptors (Lipinski definition) is 7.